The van der Waals surface area contributed by atoms with Crippen LogP contribution in [0.5, 0.6) is 0 Å². The second-order valence-electron chi connectivity index (χ2n) is 3.40. The number of hydrogen-bond acceptors (Lipinski definition) is 5. The molecule has 0 radical (unpaired) electrons. The molecule has 0 aromatic heterocycles. The number of nitrogens with one attached hydrogen (secondary N) is 1. The summed E-state index contributed by atoms with van der Waals surface area (Å²) in [7, 11) is 0. The van der Waals surface area contributed by atoms with Crippen molar-refractivity contribution in [3.8, 4) is 0 Å². The molecule has 6 nitrogen and oxygen atoms in total. The second-order valence-corrected chi connectivity index (χ2v) is 3.40. The van der Waals surface area contributed by atoms with Gasteiger partial charge in [0.05, 0.1) is 6.61 Å². The van der Waals surface area contributed by atoms with E-state index in [0.717, 1.165) is 42.8 Å². The third kappa shape index (κ3) is 4.09. The Balaban J connectivity index is 1.99. The van der Waals surface area contributed by atoms with Crippen molar-refractivity contribution in [2.45, 2.75) is 32.6 Å². The first-order valence-corrected chi connectivity index (χ1v) is 5.36. The smallest absolute Gasteiger partial charge is 0.268 e. The van der Waals surface area contributed by atoms with Crippen LogP contribution in [0.3, 0.4) is 0 Å². The van der Waals surface area contributed by atoms with Crippen LogP contribution in [-0.2, 0) is 19.5 Å². The van der Waals surface area contributed by atoms with Crippen molar-refractivity contribution in [2.75, 3.05) is 6.61 Å². The molecule has 0 atom stereocenters. The van der Waals surface area contributed by atoms with E-state index in [4.69, 9.17) is 4.89 Å². The Morgan fingerprint density at radius 1 is 1.19 bits per heavy atom. The molecule has 0 aromatic rings. The topological polar surface area (TPSA) is 67.9 Å². The van der Waals surface area contributed by atoms with Crippen LogP contribution in [0.4, 0.5) is 0 Å². The van der Waals surface area contributed by atoms with E-state index in [1.807, 2.05) is 0 Å². The number of amides is 2. The Morgan fingerprint density at radius 2 is 1.88 bits per heavy atom. The molecule has 2 amide bonds. The van der Waals surface area contributed by atoms with E-state index in [9.17, 15) is 9.59 Å². The average molecular weight is 228 g/mol. The van der Waals surface area contributed by atoms with E-state index in [1.165, 1.54) is 0 Å². The molecular weight excluding hydrogens is 212 g/mol. The highest BCUT2D eigenvalue weighted by atomic mass is 17.3. The van der Waals surface area contributed by atoms with Crippen LogP contribution in [-0.4, -0.2) is 23.4 Å². The van der Waals surface area contributed by atoms with Crippen molar-refractivity contribution in [3.63, 3.8) is 0 Å². The molecule has 0 saturated carbocycles. The van der Waals surface area contributed by atoms with Gasteiger partial charge >= 0.3 is 0 Å². The minimum Gasteiger partial charge on any atom is -0.268 e. The molecule has 0 bridgehead atoms. The molecule has 0 fully saturated rings. The Bertz CT molecular complexity index is 260. The minimum absolute atomic E-state index is 0.427. The maximum absolute atomic E-state index is 11.0. The Morgan fingerprint density at radius 3 is 2.50 bits per heavy atom. The molecule has 1 aliphatic heterocycles. The minimum atomic E-state index is -0.473. The van der Waals surface area contributed by atoms with Crippen LogP contribution in [0.25, 0.3) is 0 Å². The van der Waals surface area contributed by atoms with Crippen LogP contribution in [0.2, 0.25) is 0 Å². The largest absolute Gasteiger partial charge is 0.270 e. The lowest BCUT2D eigenvalue weighted by molar-refractivity contribution is -0.360. The summed E-state index contributed by atoms with van der Waals surface area (Å²) >= 11 is 0. The molecule has 1 rings (SSSR count). The molecule has 0 aliphatic carbocycles. The van der Waals surface area contributed by atoms with Crippen molar-refractivity contribution in [1.82, 2.24) is 10.6 Å². The molecule has 1 heterocycles. The quantitative estimate of drug-likeness (QED) is 0.289. The summed E-state index contributed by atoms with van der Waals surface area (Å²) in [5, 5.41) is 0.728. The van der Waals surface area contributed by atoms with Gasteiger partial charge in [0.2, 0.25) is 0 Å². The number of hydrazine groups is 1. The summed E-state index contributed by atoms with van der Waals surface area (Å²) in [4.78, 5) is 31.3. The zero-order valence-corrected chi connectivity index (χ0v) is 9.27. The Hall–Kier alpha value is -1.24. The van der Waals surface area contributed by atoms with Gasteiger partial charge in [-0.2, -0.15) is 5.01 Å². The highest BCUT2D eigenvalue weighted by Crippen LogP contribution is 2.01. The molecule has 6 heteroatoms. The predicted octanol–water partition coefficient (Wildman–Crippen LogP) is 0.859. The van der Waals surface area contributed by atoms with Gasteiger partial charge in [0.25, 0.3) is 11.8 Å². The first-order chi connectivity index (χ1) is 7.75. The lowest BCUT2D eigenvalue weighted by Gasteiger charge is -2.12. The first-order valence-electron chi connectivity index (χ1n) is 5.36. The number of carbonyl (C=O) groups excluding carboxylic acids is 2. The van der Waals surface area contributed by atoms with Crippen molar-refractivity contribution in [3.05, 3.63) is 12.2 Å². The van der Waals surface area contributed by atoms with Crippen LogP contribution in [0, 0.1) is 0 Å². The van der Waals surface area contributed by atoms with Gasteiger partial charge in [-0.15, -0.1) is 4.99 Å². The molecule has 90 valence electrons. The molecular formula is C10H16N2O4. The Labute approximate surface area is 94.0 Å². The van der Waals surface area contributed by atoms with E-state index in [-0.39, 0.29) is 0 Å². The fourth-order valence-electron chi connectivity index (χ4n) is 1.18. The Kier molecular flexibility index (Phi) is 5.69. The van der Waals surface area contributed by atoms with Gasteiger partial charge in [-0.3, -0.25) is 9.59 Å². The maximum Gasteiger partial charge on any atom is 0.270 e. The molecule has 0 aromatic carbocycles. The number of carbonyl (C=O) groups is 2. The zero-order valence-electron chi connectivity index (χ0n) is 9.27. The number of hydrogen-bond donors (Lipinski definition) is 1. The van der Waals surface area contributed by atoms with Crippen molar-refractivity contribution in [1.29, 1.82) is 0 Å². The van der Waals surface area contributed by atoms with Gasteiger partial charge in [-0.25, -0.2) is 4.89 Å². The van der Waals surface area contributed by atoms with Gasteiger partial charge in [0.15, 0.2) is 0 Å². The summed E-state index contributed by atoms with van der Waals surface area (Å²) < 4.78 is 0. The number of rotatable bonds is 8. The summed E-state index contributed by atoms with van der Waals surface area (Å²) in [6.45, 7) is 2.55. The van der Waals surface area contributed by atoms with Crippen molar-refractivity contribution in [2.24, 2.45) is 0 Å². The van der Waals surface area contributed by atoms with Crippen LogP contribution in [0.1, 0.15) is 32.6 Å². The van der Waals surface area contributed by atoms with Crippen molar-refractivity contribution < 1.29 is 19.5 Å². The maximum atomic E-state index is 11.0. The van der Waals surface area contributed by atoms with E-state index in [0.29, 0.717) is 6.61 Å². The van der Waals surface area contributed by atoms with Gasteiger partial charge in [-0.1, -0.05) is 31.8 Å². The SMILES string of the molecule is CCCCCCOONN1C(=O)C=CC1=O. The third-order valence-electron chi connectivity index (χ3n) is 2.08. The standard InChI is InChI=1S/C10H16N2O4/c1-2-3-4-5-8-15-16-11-12-9(13)6-7-10(12)14/h6-7,11H,2-5,8H2,1H3. The normalized spacial score (nSPS) is 15.2. The molecule has 1 N–H and O–H groups in total. The third-order valence-corrected chi connectivity index (χ3v) is 2.08. The summed E-state index contributed by atoms with van der Waals surface area (Å²) in [6.07, 6.45) is 6.57. The summed E-state index contributed by atoms with van der Waals surface area (Å²) in [5.74, 6) is -0.945. The molecule has 16 heavy (non-hydrogen) atoms. The lowest BCUT2D eigenvalue weighted by atomic mass is 10.2. The van der Waals surface area contributed by atoms with E-state index in [2.05, 4.69) is 17.5 Å². The average Bonchev–Trinajstić information content (AvgIpc) is 2.59. The van der Waals surface area contributed by atoms with Crippen molar-refractivity contribution >= 4 is 11.8 Å². The van der Waals surface area contributed by atoms with Gasteiger partial charge in [-0.05, 0) is 6.42 Å². The number of unbranched alkanes of at least 4 members (excludes halogenated alkanes) is 3. The predicted molar refractivity (Wildman–Crippen MR) is 55.3 cm³/mol. The molecule has 0 saturated heterocycles. The highest BCUT2D eigenvalue weighted by molar-refractivity contribution is 6.12. The van der Waals surface area contributed by atoms with Gasteiger partial charge in [0.1, 0.15) is 0 Å². The highest BCUT2D eigenvalue weighted by Gasteiger charge is 2.23. The van der Waals surface area contributed by atoms with Gasteiger partial charge < -0.3 is 0 Å². The van der Waals surface area contributed by atoms with Crippen LogP contribution in [0.15, 0.2) is 12.2 Å². The molecule has 0 spiro atoms. The summed E-state index contributed by atoms with van der Waals surface area (Å²) in [5.41, 5.74) is 2.12. The fourth-order valence-corrected chi connectivity index (χ4v) is 1.18. The van der Waals surface area contributed by atoms with Crippen LogP contribution >= 0.6 is 0 Å². The fraction of sp³-hybridized carbons (Fsp3) is 0.600. The van der Waals surface area contributed by atoms with Gasteiger partial charge in [0, 0.05) is 12.2 Å². The van der Waals surface area contributed by atoms with E-state index < -0.39 is 11.8 Å². The van der Waals surface area contributed by atoms with E-state index >= 15 is 0 Å². The van der Waals surface area contributed by atoms with E-state index in [1.54, 1.807) is 0 Å². The second kappa shape index (κ2) is 7.10. The molecule has 0 unspecified atom stereocenters. The summed E-state index contributed by atoms with van der Waals surface area (Å²) in [6, 6.07) is 0. The number of nitrogens with zero attached hydrogens (tertiary/aromatic N) is 1. The molecule has 1 aliphatic rings. The first kappa shape index (κ1) is 12.8. The van der Waals surface area contributed by atoms with Crippen LogP contribution < -0.4 is 5.59 Å². The zero-order chi connectivity index (χ0) is 11.8. The lowest BCUT2D eigenvalue weighted by Crippen LogP contribution is -2.42. The number of imide groups is 1. The monoisotopic (exact) mass is 228 g/mol.